The maximum absolute atomic E-state index is 12.6. The highest BCUT2D eigenvalue weighted by Crippen LogP contribution is 2.27. The van der Waals surface area contributed by atoms with E-state index in [1.807, 2.05) is 81.4 Å². The molecule has 0 saturated carbocycles. The molecule has 0 saturated heterocycles. The molecule has 30 heavy (non-hydrogen) atoms. The van der Waals surface area contributed by atoms with Gasteiger partial charge in [-0.05, 0) is 75.7 Å². The van der Waals surface area contributed by atoms with E-state index < -0.39 is 0 Å². The number of hydrogen-bond acceptors (Lipinski definition) is 4. The van der Waals surface area contributed by atoms with E-state index in [0.29, 0.717) is 22.7 Å². The first-order valence-electron chi connectivity index (χ1n) is 10.3. The van der Waals surface area contributed by atoms with Crippen LogP contribution in [0.4, 0.5) is 5.69 Å². The van der Waals surface area contributed by atoms with Crippen molar-refractivity contribution in [3.05, 3.63) is 77.6 Å². The van der Waals surface area contributed by atoms with Crippen molar-refractivity contribution in [2.75, 3.05) is 5.32 Å². The number of anilines is 1. The summed E-state index contributed by atoms with van der Waals surface area (Å²) in [5, 5.41) is 2.92. The fraction of sp³-hybridized carbons (Fsp3) is 0.280. The zero-order valence-corrected chi connectivity index (χ0v) is 17.9. The second-order valence-corrected chi connectivity index (χ2v) is 7.41. The van der Waals surface area contributed by atoms with Gasteiger partial charge in [0.15, 0.2) is 0 Å². The smallest absolute Gasteiger partial charge is 0.257 e. The van der Waals surface area contributed by atoms with E-state index in [1.165, 1.54) is 0 Å². The highest BCUT2D eigenvalue weighted by Gasteiger charge is 2.11. The minimum atomic E-state index is -0.171. The van der Waals surface area contributed by atoms with E-state index in [2.05, 4.69) is 17.2 Å². The van der Waals surface area contributed by atoms with Crippen LogP contribution in [0.1, 0.15) is 48.9 Å². The Labute approximate surface area is 178 Å². The van der Waals surface area contributed by atoms with Crippen molar-refractivity contribution < 1.29 is 14.3 Å². The Morgan fingerprint density at radius 3 is 2.40 bits per heavy atom. The van der Waals surface area contributed by atoms with E-state index in [4.69, 9.17) is 9.47 Å². The molecule has 0 fully saturated rings. The number of carbonyl (C=O) groups excluding carboxylic acids is 1. The van der Waals surface area contributed by atoms with Crippen molar-refractivity contribution in [2.45, 2.75) is 46.6 Å². The van der Waals surface area contributed by atoms with E-state index in [0.717, 1.165) is 30.0 Å². The number of amides is 1. The average Bonchev–Trinajstić information content (AvgIpc) is 2.69. The summed E-state index contributed by atoms with van der Waals surface area (Å²) in [6.07, 6.45) is 2.04. The van der Waals surface area contributed by atoms with E-state index in [1.54, 1.807) is 0 Å². The summed E-state index contributed by atoms with van der Waals surface area (Å²) in [6, 6.07) is 18.6. The lowest BCUT2D eigenvalue weighted by Gasteiger charge is -2.12. The molecule has 1 aromatic heterocycles. The fourth-order valence-electron chi connectivity index (χ4n) is 3.07. The lowest BCUT2D eigenvalue weighted by Crippen LogP contribution is -2.14. The molecule has 0 bridgehead atoms. The van der Waals surface area contributed by atoms with Crippen molar-refractivity contribution in [3.8, 4) is 17.2 Å². The third kappa shape index (κ3) is 5.83. The van der Waals surface area contributed by atoms with Gasteiger partial charge >= 0.3 is 0 Å². The number of aromatic nitrogens is 1. The molecule has 5 heteroatoms. The quantitative estimate of drug-likeness (QED) is 0.487. The normalized spacial score (nSPS) is 10.7. The number of benzene rings is 2. The van der Waals surface area contributed by atoms with Gasteiger partial charge in [0.25, 0.3) is 5.91 Å². The van der Waals surface area contributed by atoms with Crippen LogP contribution in [0.5, 0.6) is 17.2 Å². The van der Waals surface area contributed by atoms with Crippen molar-refractivity contribution in [1.29, 1.82) is 0 Å². The first-order valence-corrected chi connectivity index (χ1v) is 10.3. The number of nitrogens with zero attached hydrogens (tertiary/aromatic N) is 1. The minimum Gasteiger partial charge on any atom is -0.491 e. The summed E-state index contributed by atoms with van der Waals surface area (Å²) in [4.78, 5) is 17.1. The topological polar surface area (TPSA) is 60.5 Å². The molecule has 3 rings (SSSR count). The van der Waals surface area contributed by atoms with Crippen molar-refractivity contribution in [3.63, 3.8) is 0 Å². The van der Waals surface area contributed by atoms with Crippen LogP contribution in [0.25, 0.3) is 0 Å². The summed E-state index contributed by atoms with van der Waals surface area (Å²) in [7, 11) is 0. The first-order chi connectivity index (χ1) is 14.4. The SMILES string of the molecule is CCCc1ccc(C(=O)Nc2ccc(Oc3cccc(OC(C)C)c3)cc2)c(C)n1. The fourth-order valence-corrected chi connectivity index (χ4v) is 3.07. The van der Waals surface area contributed by atoms with E-state index in [-0.39, 0.29) is 12.0 Å². The van der Waals surface area contributed by atoms with Gasteiger partial charge in [0, 0.05) is 17.4 Å². The van der Waals surface area contributed by atoms with Crippen LogP contribution in [-0.2, 0) is 6.42 Å². The summed E-state index contributed by atoms with van der Waals surface area (Å²) in [6.45, 7) is 7.94. The molecule has 1 N–H and O–H groups in total. The molecular weight excluding hydrogens is 376 g/mol. The predicted molar refractivity (Wildman–Crippen MR) is 120 cm³/mol. The second-order valence-electron chi connectivity index (χ2n) is 7.41. The van der Waals surface area contributed by atoms with Crippen LogP contribution in [-0.4, -0.2) is 17.0 Å². The maximum Gasteiger partial charge on any atom is 0.257 e. The van der Waals surface area contributed by atoms with Gasteiger partial charge in [0.1, 0.15) is 17.2 Å². The lowest BCUT2D eigenvalue weighted by molar-refractivity contribution is 0.102. The van der Waals surface area contributed by atoms with Crippen molar-refractivity contribution in [1.82, 2.24) is 4.98 Å². The Kier molecular flexibility index (Phi) is 7.07. The Balaban J connectivity index is 1.64. The first kappa shape index (κ1) is 21.4. The predicted octanol–water partition coefficient (Wildman–Crippen LogP) is 6.17. The van der Waals surface area contributed by atoms with Crippen LogP contribution in [0.2, 0.25) is 0 Å². The molecule has 0 aliphatic heterocycles. The summed E-state index contributed by atoms with van der Waals surface area (Å²) in [5.74, 6) is 1.96. The average molecular weight is 405 g/mol. The van der Waals surface area contributed by atoms with Crippen LogP contribution in [0.15, 0.2) is 60.7 Å². The molecular formula is C25H28N2O3. The van der Waals surface area contributed by atoms with Gasteiger partial charge in [0.2, 0.25) is 0 Å². The number of pyridine rings is 1. The molecule has 0 radical (unpaired) electrons. The largest absolute Gasteiger partial charge is 0.491 e. The molecule has 0 spiro atoms. The monoisotopic (exact) mass is 404 g/mol. The van der Waals surface area contributed by atoms with Crippen LogP contribution >= 0.6 is 0 Å². The maximum atomic E-state index is 12.6. The standard InChI is InChI=1S/C25H28N2O3/c1-5-7-19-12-15-24(18(4)26-19)25(28)27-20-10-13-21(14-11-20)30-23-9-6-8-22(16-23)29-17(2)3/h6,8-17H,5,7H2,1-4H3,(H,27,28). The van der Waals surface area contributed by atoms with Gasteiger partial charge < -0.3 is 14.8 Å². The number of nitrogens with one attached hydrogen (secondary N) is 1. The van der Waals surface area contributed by atoms with Crippen molar-refractivity contribution in [2.24, 2.45) is 0 Å². The van der Waals surface area contributed by atoms with Crippen LogP contribution < -0.4 is 14.8 Å². The lowest BCUT2D eigenvalue weighted by atomic mass is 10.1. The molecule has 2 aromatic carbocycles. The number of rotatable bonds is 8. The molecule has 3 aromatic rings. The Hall–Kier alpha value is -3.34. The van der Waals surface area contributed by atoms with Crippen LogP contribution in [0, 0.1) is 6.92 Å². The minimum absolute atomic E-state index is 0.102. The number of ether oxygens (including phenoxy) is 2. The molecule has 0 aliphatic rings. The molecule has 5 nitrogen and oxygen atoms in total. The van der Waals surface area contributed by atoms with Gasteiger partial charge in [0.05, 0.1) is 17.4 Å². The second kappa shape index (κ2) is 9.92. The van der Waals surface area contributed by atoms with E-state index >= 15 is 0 Å². The summed E-state index contributed by atoms with van der Waals surface area (Å²) >= 11 is 0. The third-order valence-corrected chi connectivity index (χ3v) is 4.42. The summed E-state index contributed by atoms with van der Waals surface area (Å²) < 4.78 is 11.6. The zero-order valence-electron chi connectivity index (χ0n) is 17.9. The highest BCUT2D eigenvalue weighted by atomic mass is 16.5. The number of aryl methyl sites for hydroxylation is 2. The number of carbonyl (C=O) groups is 1. The van der Waals surface area contributed by atoms with Gasteiger partial charge in [-0.2, -0.15) is 0 Å². The zero-order chi connectivity index (χ0) is 21.5. The molecule has 0 atom stereocenters. The van der Waals surface area contributed by atoms with Gasteiger partial charge in [-0.3, -0.25) is 9.78 Å². The van der Waals surface area contributed by atoms with Gasteiger partial charge in [-0.15, -0.1) is 0 Å². The third-order valence-electron chi connectivity index (χ3n) is 4.42. The molecule has 1 amide bonds. The molecule has 1 heterocycles. The molecule has 0 unspecified atom stereocenters. The highest BCUT2D eigenvalue weighted by molar-refractivity contribution is 6.05. The molecule has 0 aliphatic carbocycles. The number of hydrogen-bond donors (Lipinski definition) is 1. The van der Waals surface area contributed by atoms with E-state index in [9.17, 15) is 4.79 Å². The summed E-state index contributed by atoms with van der Waals surface area (Å²) in [5.41, 5.74) is 3.02. The van der Waals surface area contributed by atoms with Crippen LogP contribution in [0.3, 0.4) is 0 Å². The van der Waals surface area contributed by atoms with Gasteiger partial charge in [-0.25, -0.2) is 0 Å². The Morgan fingerprint density at radius 1 is 1.00 bits per heavy atom. The Bertz CT molecular complexity index is 998. The Morgan fingerprint density at radius 2 is 1.73 bits per heavy atom. The molecule has 156 valence electrons. The van der Waals surface area contributed by atoms with Gasteiger partial charge in [-0.1, -0.05) is 19.4 Å². The van der Waals surface area contributed by atoms with Crippen molar-refractivity contribution >= 4 is 11.6 Å².